The fourth-order valence-electron chi connectivity index (χ4n) is 3.66. The summed E-state index contributed by atoms with van der Waals surface area (Å²) in [6.45, 7) is 6.31. The third kappa shape index (κ3) is 4.07. The second-order valence-corrected chi connectivity index (χ2v) is 6.74. The van der Waals surface area contributed by atoms with Crippen LogP contribution in [-0.2, 0) is 6.54 Å². The molecule has 1 fully saturated rings. The van der Waals surface area contributed by atoms with Crippen molar-refractivity contribution in [1.29, 1.82) is 0 Å². The minimum Gasteiger partial charge on any atom is -0.329 e. The van der Waals surface area contributed by atoms with Gasteiger partial charge < -0.3 is 5.73 Å². The molecule has 1 aliphatic carbocycles. The van der Waals surface area contributed by atoms with Crippen molar-refractivity contribution < 1.29 is 0 Å². The van der Waals surface area contributed by atoms with E-state index in [1.54, 1.807) is 0 Å². The summed E-state index contributed by atoms with van der Waals surface area (Å²) in [4.78, 5) is 2.47. The molecular formula is C18H30N2. The first-order valence-electron chi connectivity index (χ1n) is 8.06. The van der Waals surface area contributed by atoms with Crippen molar-refractivity contribution in [1.82, 2.24) is 4.90 Å². The molecule has 0 aliphatic heterocycles. The lowest BCUT2D eigenvalue weighted by Crippen LogP contribution is -2.44. The minimum atomic E-state index is 0.527. The third-order valence-corrected chi connectivity index (χ3v) is 4.88. The van der Waals surface area contributed by atoms with Gasteiger partial charge in [-0.3, -0.25) is 4.90 Å². The lowest BCUT2D eigenvalue weighted by atomic mass is 9.78. The molecule has 0 amide bonds. The molecule has 1 aromatic carbocycles. The lowest BCUT2D eigenvalue weighted by molar-refractivity contribution is 0.125. The van der Waals surface area contributed by atoms with Gasteiger partial charge in [-0.15, -0.1) is 0 Å². The number of hydrogen-bond donors (Lipinski definition) is 1. The third-order valence-electron chi connectivity index (χ3n) is 4.88. The smallest absolute Gasteiger partial charge is 0.0247 e. The fraction of sp³-hybridized carbons (Fsp3) is 0.667. The average molecular weight is 274 g/mol. The van der Waals surface area contributed by atoms with Crippen molar-refractivity contribution in [3.8, 4) is 0 Å². The predicted molar refractivity (Wildman–Crippen MR) is 86.6 cm³/mol. The van der Waals surface area contributed by atoms with Crippen molar-refractivity contribution in [3.05, 3.63) is 35.4 Å². The molecule has 2 N–H and O–H groups in total. The van der Waals surface area contributed by atoms with Gasteiger partial charge in [0.25, 0.3) is 0 Å². The first-order valence-corrected chi connectivity index (χ1v) is 8.06. The van der Waals surface area contributed by atoms with Crippen molar-refractivity contribution in [2.24, 2.45) is 17.6 Å². The highest BCUT2D eigenvalue weighted by Crippen LogP contribution is 2.32. The van der Waals surface area contributed by atoms with Gasteiger partial charge in [-0.2, -0.15) is 0 Å². The Bertz CT molecular complexity index is 398. The summed E-state index contributed by atoms with van der Waals surface area (Å²) in [5, 5.41) is 0. The number of hydrogen-bond acceptors (Lipinski definition) is 2. The number of benzene rings is 1. The molecule has 1 aliphatic rings. The van der Waals surface area contributed by atoms with Crippen LogP contribution in [0.15, 0.2) is 24.3 Å². The van der Waals surface area contributed by atoms with Gasteiger partial charge >= 0.3 is 0 Å². The number of likely N-dealkylation sites (N-methyl/N-ethyl adjacent to an activating group) is 1. The number of rotatable bonds is 5. The molecule has 0 saturated heterocycles. The summed E-state index contributed by atoms with van der Waals surface area (Å²) < 4.78 is 0. The second kappa shape index (κ2) is 7.24. The topological polar surface area (TPSA) is 29.3 Å². The summed E-state index contributed by atoms with van der Waals surface area (Å²) >= 11 is 0. The van der Waals surface area contributed by atoms with Crippen LogP contribution in [0.4, 0.5) is 0 Å². The molecule has 0 heterocycles. The molecule has 3 unspecified atom stereocenters. The van der Waals surface area contributed by atoms with Crippen LogP contribution in [0.25, 0.3) is 0 Å². The van der Waals surface area contributed by atoms with Gasteiger partial charge in [0.1, 0.15) is 0 Å². The molecule has 3 atom stereocenters. The Kier molecular flexibility index (Phi) is 5.62. The van der Waals surface area contributed by atoms with Crippen LogP contribution in [0.5, 0.6) is 0 Å². The van der Waals surface area contributed by atoms with E-state index in [9.17, 15) is 0 Å². The van der Waals surface area contributed by atoms with Crippen LogP contribution in [0.3, 0.4) is 0 Å². The highest BCUT2D eigenvalue weighted by Gasteiger charge is 2.28. The van der Waals surface area contributed by atoms with Crippen LogP contribution < -0.4 is 5.73 Å². The summed E-state index contributed by atoms with van der Waals surface area (Å²) in [5.41, 5.74) is 8.80. The van der Waals surface area contributed by atoms with Crippen molar-refractivity contribution in [2.75, 3.05) is 13.6 Å². The maximum absolute atomic E-state index is 6.09. The van der Waals surface area contributed by atoms with Crippen molar-refractivity contribution in [2.45, 2.75) is 52.1 Å². The SMILES string of the molecule is Cc1ccc(CN(C)C(CN)C2CCCC(C)C2)cc1. The zero-order valence-electron chi connectivity index (χ0n) is 13.3. The highest BCUT2D eigenvalue weighted by atomic mass is 15.1. The van der Waals surface area contributed by atoms with Crippen LogP contribution in [-0.4, -0.2) is 24.5 Å². The van der Waals surface area contributed by atoms with E-state index in [-0.39, 0.29) is 0 Å². The van der Waals surface area contributed by atoms with E-state index in [1.165, 1.54) is 36.8 Å². The average Bonchev–Trinajstić information content (AvgIpc) is 2.42. The molecule has 20 heavy (non-hydrogen) atoms. The Balaban J connectivity index is 1.97. The van der Waals surface area contributed by atoms with E-state index in [1.807, 2.05) is 0 Å². The number of nitrogens with two attached hydrogens (primary N) is 1. The molecule has 0 aromatic heterocycles. The molecule has 0 bridgehead atoms. The zero-order valence-corrected chi connectivity index (χ0v) is 13.3. The zero-order chi connectivity index (χ0) is 14.5. The maximum Gasteiger partial charge on any atom is 0.0247 e. The molecule has 2 nitrogen and oxygen atoms in total. The molecule has 1 aromatic rings. The Hall–Kier alpha value is -0.860. The van der Waals surface area contributed by atoms with Gasteiger partial charge in [0.05, 0.1) is 0 Å². The first kappa shape index (κ1) is 15.5. The molecule has 2 rings (SSSR count). The predicted octanol–water partition coefficient (Wildman–Crippen LogP) is 3.58. The Morgan fingerprint density at radius 1 is 1.25 bits per heavy atom. The summed E-state index contributed by atoms with van der Waals surface area (Å²) in [6, 6.07) is 9.40. The van der Waals surface area contributed by atoms with E-state index >= 15 is 0 Å². The van der Waals surface area contributed by atoms with Gasteiger partial charge in [0.2, 0.25) is 0 Å². The normalized spacial score (nSPS) is 24.9. The van der Waals surface area contributed by atoms with Gasteiger partial charge in [-0.1, -0.05) is 49.6 Å². The van der Waals surface area contributed by atoms with Gasteiger partial charge in [0.15, 0.2) is 0 Å². The molecule has 112 valence electrons. The summed E-state index contributed by atoms with van der Waals surface area (Å²) in [5.74, 6) is 1.65. The van der Waals surface area contributed by atoms with Crippen LogP contribution in [0.2, 0.25) is 0 Å². The largest absolute Gasteiger partial charge is 0.329 e. The van der Waals surface area contributed by atoms with E-state index < -0.39 is 0 Å². The Morgan fingerprint density at radius 2 is 1.95 bits per heavy atom. The molecule has 0 radical (unpaired) electrons. The van der Waals surface area contributed by atoms with Gasteiger partial charge in [-0.05, 0) is 44.2 Å². The van der Waals surface area contributed by atoms with E-state index in [0.717, 1.165) is 24.9 Å². The lowest BCUT2D eigenvalue weighted by Gasteiger charge is -2.38. The first-order chi connectivity index (χ1) is 9.60. The number of nitrogens with zero attached hydrogens (tertiary/aromatic N) is 1. The Morgan fingerprint density at radius 3 is 2.55 bits per heavy atom. The van der Waals surface area contributed by atoms with E-state index in [2.05, 4.69) is 50.1 Å². The minimum absolute atomic E-state index is 0.527. The standard InChI is InChI=1S/C18H30N2/c1-14-7-9-16(10-8-14)13-20(3)18(12-19)17-6-4-5-15(2)11-17/h7-10,15,17-18H,4-6,11-13,19H2,1-3H3. The van der Waals surface area contributed by atoms with Gasteiger partial charge in [0, 0.05) is 19.1 Å². The quantitative estimate of drug-likeness (QED) is 0.889. The van der Waals surface area contributed by atoms with E-state index in [4.69, 9.17) is 5.73 Å². The monoisotopic (exact) mass is 274 g/mol. The molecule has 0 spiro atoms. The summed E-state index contributed by atoms with van der Waals surface area (Å²) in [7, 11) is 2.23. The van der Waals surface area contributed by atoms with Crippen molar-refractivity contribution in [3.63, 3.8) is 0 Å². The second-order valence-electron chi connectivity index (χ2n) is 6.74. The maximum atomic E-state index is 6.09. The number of aryl methyl sites for hydroxylation is 1. The molecule has 1 saturated carbocycles. The van der Waals surface area contributed by atoms with Gasteiger partial charge in [-0.25, -0.2) is 0 Å². The van der Waals surface area contributed by atoms with Crippen LogP contribution in [0, 0.1) is 18.8 Å². The Labute approximate surface area is 124 Å². The molecule has 2 heteroatoms. The van der Waals surface area contributed by atoms with Crippen molar-refractivity contribution >= 4 is 0 Å². The summed E-state index contributed by atoms with van der Waals surface area (Å²) in [6.07, 6.45) is 5.47. The van der Waals surface area contributed by atoms with Crippen LogP contribution >= 0.6 is 0 Å². The van der Waals surface area contributed by atoms with E-state index in [0.29, 0.717) is 6.04 Å². The fourth-order valence-corrected chi connectivity index (χ4v) is 3.66. The van der Waals surface area contributed by atoms with Crippen LogP contribution in [0.1, 0.15) is 43.7 Å². The highest BCUT2D eigenvalue weighted by molar-refractivity contribution is 5.21. The molecular weight excluding hydrogens is 244 g/mol.